The Morgan fingerprint density at radius 3 is 2.95 bits per heavy atom. The summed E-state index contributed by atoms with van der Waals surface area (Å²) in [5.41, 5.74) is 0.970. The Morgan fingerprint density at radius 2 is 2.19 bits per heavy atom. The molecule has 2 amide bonds. The van der Waals surface area contributed by atoms with E-state index in [0.29, 0.717) is 13.2 Å². The Kier molecular flexibility index (Phi) is 5.03. The largest absolute Gasteiger partial charge is 0.493 e. The van der Waals surface area contributed by atoms with Crippen LogP contribution in [0.5, 0.6) is 5.75 Å². The number of carbonyl (C=O) groups excluding carboxylic acids is 1. The number of para-hydroxylation sites is 1. The first kappa shape index (κ1) is 15.2. The summed E-state index contributed by atoms with van der Waals surface area (Å²) in [6.45, 7) is 2.69. The number of carbonyl (C=O) groups is 2. The first-order valence-corrected chi connectivity index (χ1v) is 7.04. The van der Waals surface area contributed by atoms with Gasteiger partial charge in [-0.25, -0.2) is 4.79 Å². The van der Waals surface area contributed by atoms with Gasteiger partial charge in [-0.15, -0.1) is 0 Å². The second kappa shape index (κ2) is 6.97. The fraction of sp³-hybridized carbons (Fsp3) is 0.467. The van der Waals surface area contributed by atoms with Crippen LogP contribution in [0.25, 0.3) is 0 Å². The molecule has 2 atom stereocenters. The van der Waals surface area contributed by atoms with Gasteiger partial charge in [0.15, 0.2) is 0 Å². The molecule has 3 N–H and O–H groups in total. The molecule has 0 saturated heterocycles. The van der Waals surface area contributed by atoms with E-state index in [0.717, 1.165) is 17.7 Å². The summed E-state index contributed by atoms with van der Waals surface area (Å²) in [6.07, 6.45) is 0.759. The molecule has 0 saturated carbocycles. The molecule has 0 fully saturated rings. The number of carboxylic acids is 1. The lowest BCUT2D eigenvalue weighted by Gasteiger charge is -2.26. The van der Waals surface area contributed by atoms with E-state index < -0.39 is 5.97 Å². The molecule has 1 aliphatic rings. The van der Waals surface area contributed by atoms with Gasteiger partial charge in [0.2, 0.25) is 0 Å². The van der Waals surface area contributed by atoms with Crippen molar-refractivity contribution in [1.29, 1.82) is 0 Å². The van der Waals surface area contributed by atoms with E-state index in [4.69, 9.17) is 9.84 Å². The highest BCUT2D eigenvalue weighted by molar-refractivity contribution is 5.74. The first-order chi connectivity index (χ1) is 10.1. The van der Waals surface area contributed by atoms with Crippen molar-refractivity contribution in [3.63, 3.8) is 0 Å². The maximum atomic E-state index is 11.9. The van der Waals surface area contributed by atoms with E-state index in [2.05, 4.69) is 10.6 Å². The van der Waals surface area contributed by atoms with Crippen molar-refractivity contribution in [2.75, 3.05) is 13.2 Å². The van der Waals surface area contributed by atoms with Crippen LogP contribution in [0.1, 0.15) is 31.4 Å². The first-order valence-electron chi connectivity index (χ1n) is 7.04. The zero-order valence-corrected chi connectivity index (χ0v) is 12.0. The van der Waals surface area contributed by atoms with E-state index in [1.165, 1.54) is 0 Å². The lowest BCUT2D eigenvalue weighted by atomic mass is 10.0. The van der Waals surface area contributed by atoms with Gasteiger partial charge in [-0.1, -0.05) is 25.1 Å². The van der Waals surface area contributed by atoms with Gasteiger partial charge in [-0.3, -0.25) is 4.79 Å². The van der Waals surface area contributed by atoms with Crippen molar-refractivity contribution in [3.8, 4) is 5.75 Å². The predicted molar refractivity (Wildman–Crippen MR) is 77.2 cm³/mol. The molecule has 21 heavy (non-hydrogen) atoms. The highest BCUT2D eigenvalue weighted by Gasteiger charge is 2.22. The molecule has 2 unspecified atom stereocenters. The predicted octanol–water partition coefficient (Wildman–Crippen LogP) is 1.92. The maximum absolute atomic E-state index is 11.9. The molecule has 1 aromatic carbocycles. The highest BCUT2D eigenvalue weighted by Crippen LogP contribution is 2.31. The van der Waals surface area contributed by atoms with Gasteiger partial charge < -0.3 is 20.5 Å². The number of urea groups is 1. The number of aliphatic carboxylic acids is 1. The van der Waals surface area contributed by atoms with E-state index in [1.807, 2.05) is 24.3 Å². The third-order valence-electron chi connectivity index (χ3n) is 3.40. The second-order valence-corrected chi connectivity index (χ2v) is 5.28. The number of hydrogen-bond donors (Lipinski definition) is 3. The molecule has 0 aromatic heterocycles. The molecule has 0 radical (unpaired) electrons. The number of rotatable bonds is 5. The number of amides is 2. The monoisotopic (exact) mass is 292 g/mol. The molecule has 6 nitrogen and oxygen atoms in total. The van der Waals surface area contributed by atoms with Gasteiger partial charge in [0, 0.05) is 24.9 Å². The van der Waals surface area contributed by atoms with Crippen LogP contribution in [0, 0.1) is 5.92 Å². The van der Waals surface area contributed by atoms with Crippen LogP contribution in [0.3, 0.4) is 0 Å². The quantitative estimate of drug-likeness (QED) is 0.773. The van der Waals surface area contributed by atoms with Crippen LogP contribution >= 0.6 is 0 Å². The molecule has 1 aromatic rings. The minimum Gasteiger partial charge on any atom is -0.493 e. The fourth-order valence-corrected chi connectivity index (χ4v) is 2.34. The van der Waals surface area contributed by atoms with E-state index in [1.54, 1.807) is 6.92 Å². The molecular weight excluding hydrogens is 272 g/mol. The highest BCUT2D eigenvalue weighted by atomic mass is 16.5. The Balaban J connectivity index is 1.85. The van der Waals surface area contributed by atoms with E-state index in [9.17, 15) is 9.59 Å². The van der Waals surface area contributed by atoms with Gasteiger partial charge in [-0.05, 0) is 12.0 Å². The molecular formula is C15H20N2O4. The Labute approximate surface area is 123 Å². The van der Waals surface area contributed by atoms with Crippen LogP contribution in [-0.2, 0) is 4.79 Å². The third kappa shape index (κ3) is 4.37. The van der Waals surface area contributed by atoms with Crippen LogP contribution < -0.4 is 15.4 Å². The molecule has 1 heterocycles. The second-order valence-electron chi connectivity index (χ2n) is 5.28. The number of nitrogens with one attached hydrogen (secondary N) is 2. The molecule has 0 bridgehead atoms. The number of benzene rings is 1. The lowest BCUT2D eigenvalue weighted by Crippen LogP contribution is -2.41. The smallest absolute Gasteiger partial charge is 0.315 e. The zero-order chi connectivity index (χ0) is 15.2. The van der Waals surface area contributed by atoms with Crippen molar-refractivity contribution >= 4 is 12.0 Å². The summed E-state index contributed by atoms with van der Waals surface area (Å²) >= 11 is 0. The van der Waals surface area contributed by atoms with Gasteiger partial charge in [0.05, 0.1) is 12.6 Å². The Morgan fingerprint density at radius 1 is 1.43 bits per heavy atom. The zero-order valence-electron chi connectivity index (χ0n) is 12.0. The van der Waals surface area contributed by atoms with E-state index >= 15 is 0 Å². The van der Waals surface area contributed by atoms with Crippen LogP contribution in [-0.4, -0.2) is 30.3 Å². The summed E-state index contributed by atoms with van der Waals surface area (Å²) in [6, 6.07) is 7.27. The average Bonchev–Trinajstić information content (AvgIpc) is 2.45. The van der Waals surface area contributed by atoms with Crippen molar-refractivity contribution in [2.45, 2.75) is 25.8 Å². The molecule has 114 valence electrons. The van der Waals surface area contributed by atoms with Gasteiger partial charge >= 0.3 is 12.0 Å². The number of fused-ring (bicyclic) bond motifs is 1. The SMILES string of the molecule is CC(CNC(=O)NC1CCOc2ccccc21)CC(=O)O. The number of ether oxygens (including phenoxy) is 1. The molecule has 0 spiro atoms. The molecule has 6 heteroatoms. The summed E-state index contributed by atoms with van der Waals surface area (Å²) in [5, 5.41) is 14.3. The summed E-state index contributed by atoms with van der Waals surface area (Å²) in [4.78, 5) is 22.5. The molecule has 0 aliphatic carbocycles. The van der Waals surface area contributed by atoms with Crippen molar-refractivity contribution < 1.29 is 19.4 Å². The average molecular weight is 292 g/mol. The summed E-state index contributed by atoms with van der Waals surface area (Å²) in [5.74, 6) is -0.161. The van der Waals surface area contributed by atoms with Crippen molar-refractivity contribution in [3.05, 3.63) is 29.8 Å². The van der Waals surface area contributed by atoms with Crippen LogP contribution in [0.15, 0.2) is 24.3 Å². The Hall–Kier alpha value is -2.24. The number of carboxylic acid groups (broad SMARTS) is 1. The van der Waals surface area contributed by atoms with E-state index in [-0.39, 0.29) is 24.4 Å². The van der Waals surface area contributed by atoms with Crippen molar-refractivity contribution in [2.24, 2.45) is 5.92 Å². The van der Waals surface area contributed by atoms with Crippen molar-refractivity contribution in [1.82, 2.24) is 10.6 Å². The molecule has 2 rings (SSSR count). The van der Waals surface area contributed by atoms with Gasteiger partial charge in [0.25, 0.3) is 0 Å². The molecule has 1 aliphatic heterocycles. The van der Waals surface area contributed by atoms with Gasteiger partial charge in [-0.2, -0.15) is 0 Å². The normalized spacial score (nSPS) is 18.0. The summed E-state index contributed by atoms with van der Waals surface area (Å²) < 4.78 is 5.54. The minimum atomic E-state index is -0.858. The van der Waals surface area contributed by atoms with Crippen LogP contribution in [0.4, 0.5) is 4.79 Å². The topological polar surface area (TPSA) is 87.7 Å². The fourth-order valence-electron chi connectivity index (χ4n) is 2.34. The van der Waals surface area contributed by atoms with Gasteiger partial charge in [0.1, 0.15) is 5.75 Å². The number of hydrogen-bond acceptors (Lipinski definition) is 3. The maximum Gasteiger partial charge on any atom is 0.315 e. The summed E-state index contributed by atoms with van der Waals surface area (Å²) in [7, 11) is 0. The lowest BCUT2D eigenvalue weighted by molar-refractivity contribution is -0.137. The van der Waals surface area contributed by atoms with Crippen LogP contribution in [0.2, 0.25) is 0 Å². The third-order valence-corrected chi connectivity index (χ3v) is 3.40. The minimum absolute atomic E-state index is 0.0420. The Bertz CT molecular complexity index is 518. The standard InChI is InChI=1S/C15H20N2O4/c1-10(8-14(18)19)9-16-15(20)17-12-6-7-21-13-5-3-2-4-11(12)13/h2-5,10,12H,6-9H2,1H3,(H,18,19)(H2,16,17,20).